The summed E-state index contributed by atoms with van der Waals surface area (Å²) in [5.74, 6) is 0.823. The number of pyridine rings is 1. The average molecular weight is 352 g/mol. The second kappa shape index (κ2) is 6.83. The molecule has 1 N–H and O–H groups in total. The van der Waals surface area contributed by atoms with Gasteiger partial charge in [-0.05, 0) is 36.9 Å². The first-order chi connectivity index (χ1) is 10.9. The van der Waals surface area contributed by atoms with Gasteiger partial charge in [0.2, 0.25) is 0 Å². The average Bonchev–Trinajstić information content (AvgIpc) is 3.21. The predicted octanol–water partition coefficient (Wildman–Crippen LogP) is 4.82. The molecule has 2 aromatic heterocycles. The van der Waals surface area contributed by atoms with Gasteiger partial charge >= 0.3 is 0 Å². The first kappa shape index (κ1) is 16.8. The summed E-state index contributed by atoms with van der Waals surface area (Å²) >= 11 is 6.21. The number of ether oxygens (including phenoxy) is 1. The standard InChI is InChI=1S/C17H26ClN3OSi/c1-23(2,3)9-8-22-12-21-7-6-14-15(19-11-13-4-5-13)10-16(18)20-17(14)21/h6-7,10,13H,4-5,8-9,11-12H2,1-3H3,(H,19,20). The maximum atomic E-state index is 6.21. The molecule has 3 rings (SSSR count). The Labute approximate surface area is 144 Å². The van der Waals surface area contributed by atoms with E-state index < -0.39 is 8.07 Å². The lowest BCUT2D eigenvalue weighted by Crippen LogP contribution is -2.22. The van der Waals surface area contributed by atoms with E-state index in [2.05, 4.69) is 36.0 Å². The molecule has 0 aliphatic heterocycles. The number of nitrogens with one attached hydrogen (secondary N) is 1. The van der Waals surface area contributed by atoms with Crippen molar-refractivity contribution >= 4 is 36.4 Å². The monoisotopic (exact) mass is 351 g/mol. The van der Waals surface area contributed by atoms with Gasteiger partial charge in [-0.15, -0.1) is 0 Å². The minimum absolute atomic E-state index is 0.526. The molecule has 1 aliphatic carbocycles. The Morgan fingerprint density at radius 2 is 2.17 bits per heavy atom. The van der Waals surface area contributed by atoms with Crippen LogP contribution in [0.15, 0.2) is 18.3 Å². The third-order valence-electron chi connectivity index (χ3n) is 4.21. The molecule has 0 spiro atoms. The molecular weight excluding hydrogens is 326 g/mol. The van der Waals surface area contributed by atoms with Crippen molar-refractivity contribution in [1.29, 1.82) is 0 Å². The number of hydrogen-bond donors (Lipinski definition) is 1. The molecule has 6 heteroatoms. The Morgan fingerprint density at radius 1 is 1.39 bits per heavy atom. The number of hydrogen-bond acceptors (Lipinski definition) is 3. The zero-order valence-corrected chi connectivity index (χ0v) is 16.0. The van der Waals surface area contributed by atoms with Crippen LogP contribution in [0, 0.1) is 5.92 Å². The van der Waals surface area contributed by atoms with Gasteiger partial charge in [-0.3, -0.25) is 0 Å². The Hall–Kier alpha value is -1.04. The maximum Gasteiger partial charge on any atom is 0.145 e. The number of aromatic nitrogens is 2. The van der Waals surface area contributed by atoms with Crippen molar-refractivity contribution in [2.75, 3.05) is 18.5 Å². The molecule has 0 atom stereocenters. The van der Waals surface area contributed by atoms with Gasteiger partial charge in [0.15, 0.2) is 0 Å². The summed E-state index contributed by atoms with van der Waals surface area (Å²) in [6, 6.07) is 5.19. The van der Waals surface area contributed by atoms with Crippen LogP contribution in [0.4, 0.5) is 5.69 Å². The molecule has 0 unspecified atom stereocenters. The first-order valence-electron chi connectivity index (χ1n) is 8.39. The van der Waals surface area contributed by atoms with Crippen LogP contribution >= 0.6 is 11.6 Å². The molecule has 0 saturated heterocycles. The minimum atomic E-state index is -1.05. The fourth-order valence-electron chi connectivity index (χ4n) is 2.50. The van der Waals surface area contributed by atoms with E-state index in [1.807, 2.05) is 16.8 Å². The second-order valence-electron chi connectivity index (χ2n) is 7.69. The molecule has 1 saturated carbocycles. The Morgan fingerprint density at radius 3 is 2.87 bits per heavy atom. The van der Waals surface area contributed by atoms with E-state index in [0.29, 0.717) is 11.9 Å². The predicted molar refractivity (Wildman–Crippen MR) is 100 cm³/mol. The molecular formula is C17H26ClN3OSi. The van der Waals surface area contributed by atoms with Gasteiger partial charge in [0, 0.05) is 38.5 Å². The Balaban J connectivity index is 1.68. The highest BCUT2D eigenvalue weighted by Crippen LogP contribution is 2.31. The molecule has 0 bridgehead atoms. The minimum Gasteiger partial charge on any atom is -0.384 e. The third kappa shape index (κ3) is 4.72. The Bertz CT molecular complexity index is 676. The molecule has 2 heterocycles. The molecule has 0 aromatic carbocycles. The van der Waals surface area contributed by atoms with Gasteiger partial charge in [0.05, 0.1) is 0 Å². The van der Waals surface area contributed by atoms with Crippen molar-refractivity contribution in [1.82, 2.24) is 9.55 Å². The van der Waals surface area contributed by atoms with Gasteiger partial charge in [0.25, 0.3) is 0 Å². The first-order valence-corrected chi connectivity index (χ1v) is 12.5. The van der Waals surface area contributed by atoms with Crippen LogP contribution in [-0.4, -0.2) is 30.8 Å². The van der Waals surface area contributed by atoms with Gasteiger partial charge in [-0.2, -0.15) is 0 Å². The highest BCUT2D eigenvalue weighted by atomic mass is 35.5. The zero-order chi connectivity index (χ0) is 16.4. The zero-order valence-electron chi connectivity index (χ0n) is 14.2. The van der Waals surface area contributed by atoms with E-state index in [0.717, 1.165) is 35.8 Å². The molecule has 1 aliphatic rings. The fourth-order valence-corrected chi connectivity index (χ4v) is 3.44. The number of nitrogens with zero attached hydrogens (tertiary/aromatic N) is 2. The van der Waals surface area contributed by atoms with Crippen molar-refractivity contribution in [2.24, 2.45) is 5.92 Å². The molecule has 0 amide bonds. The van der Waals surface area contributed by atoms with E-state index in [1.54, 1.807) is 0 Å². The highest BCUT2D eigenvalue weighted by Gasteiger charge is 2.21. The number of rotatable bonds is 8. The quantitative estimate of drug-likeness (QED) is 0.421. The lowest BCUT2D eigenvalue weighted by molar-refractivity contribution is 0.0899. The van der Waals surface area contributed by atoms with Crippen LogP contribution in [0.5, 0.6) is 0 Å². The summed E-state index contributed by atoms with van der Waals surface area (Å²) in [4.78, 5) is 4.48. The van der Waals surface area contributed by atoms with Crippen LogP contribution < -0.4 is 5.32 Å². The lowest BCUT2D eigenvalue weighted by atomic mass is 10.2. The van der Waals surface area contributed by atoms with Gasteiger partial charge in [-0.1, -0.05) is 31.2 Å². The highest BCUT2D eigenvalue weighted by molar-refractivity contribution is 6.76. The Kier molecular flexibility index (Phi) is 4.99. The molecule has 4 nitrogen and oxygen atoms in total. The van der Waals surface area contributed by atoms with E-state index in [-0.39, 0.29) is 0 Å². The summed E-state index contributed by atoms with van der Waals surface area (Å²) in [7, 11) is -1.05. The van der Waals surface area contributed by atoms with Gasteiger partial charge < -0.3 is 14.6 Å². The normalized spacial score (nSPS) is 15.3. The number of fused-ring (bicyclic) bond motifs is 1. The molecule has 126 valence electrons. The van der Waals surface area contributed by atoms with Crippen LogP contribution in [0.25, 0.3) is 11.0 Å². The van der Waals surface area contributed by atoms with Crippen molar-refractivity contribution < 1.29 is 4.74 Å². The van der Waals surface area contributed by atoms with Gasteiger partial charge in [-0.25, -0.2) is 4.98 Å². The van der Waals surface area contributed by atoms with E-state index >= 15 is 0 Å². The van der Waals surface area contributed by atoms with Crippen LogP contribution in [0.2, 0.25) is 30.8 Å². The van der Waals surface area contributed by atoms with E-state index in [9.17, 15) is 0 Å². The summed E-state index contributed by atoms with van der Waals surface area (Å²) in [5.41, 5.74) is 1.97. The smallest absolute Gasteiger partial charge is 0.145 e. The molecule has 0 radical (unpaired) electrons. The van der Waals surface area contributed by atoms with Crippen molar-refractivity contribution in [3.63, 3.8) is 0 Å². The number of halogens is 1. The summed E-state index contributed by atoms with van der Waals surface area (Å²) in [5, 5.41) is 5.16. The van der Waals surface area contributed by atoms with E-state index in [1.165, 1.54) is 18.9 Å². The SMILES string of the molecule is C[Si](C)(C)CCOCn1ccc2c(NCC3CC3)cc(Cl)nc21. The third-order valence-corrected chi connectivity index (χ3v) is 6.10. The summed E-state index contributed by atoms with van der Waals surface area (Å²) in [6.07, 6.45) is 4.70. The topological polar surface area (TPSA) is 39.1 Å². The van der Waals surface area contributed by atoms with Crippen LogP contribution in [0.3, 0.4) is 0 Å². The molecule has 1 fully saturated rings. The fraction of sp³-hybridized carbons (Fsp3) is 0.588. The van der Waals surface area contributed by atoms with Crippen molar-refractivity contribution in [2.45, 2.75) is 45.3 Å². The number of anilines is 1. The summed E-state index contributed by atoms with van der Waals surface area (Å²) < 4.78 is 7.88. The maximum absolute atomic E-state index is 6.21. The largest absolute Gasteiger partial charge is 0.384 e. The van der Waals surface area contributed by atoms with Crippen LogP contribution in [0.1, 0.15) is 12.8 Å². The lowest BCUT2D eigenvalue weighted by Gasteiger charge is -2.15. The molecule has 23 heavy (non-hydrogen) atoms. The van der Waals surface area contributed by atoms with Crippen LogP contribution in [-0.2, 0) is 11.5 Å². The second-order valence-corrected chi connectivity index (χ2v) is 13.7. The molecule has 2 aromatic rings. The van der Waals surface area contributed by atoms with Crippen molar-refractivity contribution in [3.8, 4) is 0 Å². The van der Waals surface area contributed by atoms with Gasteiger partial charge in [0.1, 0.15) is 17.5 Å². The van der Waals surface area contributed by atoms with Crippen molar-refractivity contribution in [3.05, 3.63) is 23.5 Å². The van der Waals surface area contributed by atoms with E-state index in [4.69, 9.17) is 16.3 Å². The summed E-state index contributed by atoms with van der Waals surface area (Å²) in [6.45, 7) is 9.45.